The van der Waals surface area contributed by atoms with Crippen molar-refractivity contribution in [1.82, 2.24) is 9.97 Å². The molecule has 0 radical (unpaired) electrons. The zero-order chi connectivity index (χ0) is 18.2. The number of ether oxygens (including phenoxy) is 2. The SMILES string of the molecule is CCOc1ccc2c(n1)C(C)(C)N(c1cncc(OC(F)F)c1)C2=O. The van der Waals surface area contributed by atoms with E-state index in [1.165, 1.54) is 23.4 Å². The fraction of sp³-hybridized carbons (Fsp3) is 0.353. The Hall–Kier alpha value is -2.77. The van der Waals surface area contributed by atoms with Gasteiger partial charge in [0.1, 0.15) is 5.75 Å². The van der Waals surface area contributed by atoms with Gasteiger partial charge in [-0.3, -0.25) is 14.7 Å². The van der Waals surface area contributed by atoms with E-state index in [0.717, 1.165) is 0 Å². The summed E-state index contributed by atoms with van der Waals surface area (Å²) in [6.45, 7) is 2.98. The number of halogens is 2. The summed E-state index contributed by atoms with van der Waals surface area (Å²) in [6.07, 6.45) is 2.59. The number of anilines is 1. The quantitative estimate of drug-likeness (QED) is 0.828. The van der Waals surface area contributed by atoms with E-state index in [9.17, 15) is 13.6 Å². The van der Waals surface area contributed by atoms with Crippen LogP contribution in [0.4, 0.5) is 14.5 Å². The second-order valence-corrected chi connectivity index (χ2v) is 5.94. The standard InChI is InChI=1S/C17H17F2N3O3/c1-4-24-13-6-5-12-14(21-13)17(2,3)22(15(12)23)10-7-11(9-20-8-10)25-16(18)19/h5-9,16H,4H2,1-3H3. The Balaban J connectivity index is 2.02. The number of nitrogens with zero attached hydrogens (tertiary/aromatic N) is 3. The fourth-order valence-corrected chi connectivity index (χ4v) is 2.93. The zero-order valence-electron chi connectivity index (χ0n) is 14.0. The zero-order valence-corrected chi connectivity index (χ0v) is 14.0. The molecule has 2 aromatic heterocycles. The monoisotopic (exact) mass is 349 g/mol. The highest BCUT2D eigenvalue weighted by molar-refractivity contribution is 6.11. The van der Waals surface area contributed by atoms with Gasteiger partial charge < -0.3 is 9.47 Å². The predicted octanol–water partition coefficient (Wildman–Crippen LogP) is 3.37. The number of hydrogen-bond donors (Lipinski definition) is 0. The van der Waals surface area contributed by atoms with E-state index in [0.29, 0.717) is 29.4 Å². The molecule has 0 saturated carbocycles. The average Bonchev–Trinajstić information content (AvgIpc) is 2.74. The van der Waals surface area contributed by atoms with Crippen molar-refractivity contribution in [3.63, 3.8) is 0 Å². The first-order chi connectivity index (χ1) is 11.8. The van der Waals surface area contributed by atoms with Gasteiger partial charge in [0.2, 0.25) is 5.88 Å². The van der Waals surface area contributed by atoms with Gasteiger partial charge in [0, 0.05) is 12.1 Å². The molecular weight excluding hydrogens is 332 g/mol. The van der Waals surface area contributed by atoms with Gasteiger partial charge >= 0.3 is 6.61 Å². The van der Waals surface area contributed by atoms with Crippen LogP contribution in [0, 0.1) is 0 Å². The van der Waals surface area contributed by atoms with Crippen LogP contribution in [-0.4, -0.2) is 29.1 Å². The maximum Gasteiger partial charge on any atom is 0.387 e. The Morgan fingerprint density at radius 1 is 1.28 bits per heavy atom. The molecule has 1 aliphatic heterocycles. The highest BCUT2D eigenvalue weighted by atomic mass is 19.3. The van der Waals surface area contributed by atoms with E-state index in [4.69, 9.17) is 4.74 Å². The van der Waals surface area contributed by atoms with Gasteiger partial charge in [-0.1, -0.05) is 0 Å². The minimum atomic E-state index is -2.97. The average molecular weight is 349 g/mol. The second-order valence-electron chi connectivity index (χ2n) is 5.94. The Kier molecular flexibility index (Phi) is 4.28. The van der Waals surface area contributed by atoms with Crippen LogP contribution in [0.25, 0.3) is 0 Å². The highest BCUT2D eigenvalue weighted by Crippen LogP contribution is 2.42. The number of hydrogen-bond acceptors (Lipinski definition) is 5. The molecule has 0 unspecified atom stereocenters. The summed E-state index contributed by atoms with van der Waals surface area (Å²) < 4.78 is 34.7. The highest BCUT2D eigenvalue weighted by Gasteiger charge is 2.45. The molecule has 1 aliphatic rings. The molecule has 3 heterocycles. The summed E-state index contributed by atoms with van der Waals surface area (Å²) in [4.78, 5) is 22.6. The molecule has 0 bridgehead atoms. The molecule has 2 aromatic rings. The third-order valence-electron chi connectivity index (χ3n) is 3.92. The van der Waals surface area contributed by atoms with E-state index in [2.05, 4.69) is 14.7 Å². The van der Waals surface area contributed by atoms with Crippen molar-refractivity contribution in [3.05, 3.63) is 41.9 Å². The van der Waals surface area contributed by atoms with Gasteiger partial charge in [0.05, 0.1) is 41.5 Å². The van der Waals surface area contributed by atoms with Crippen molar-refractivity contribution in [3.8, 4) is 11.6 Å². The second kappa shape index (κ2) is 6.27. The number of carbonyl (C=O) groups is 1. The van der Waals surface area contributed by atoms with Crippen molar-refractivity contribution in [2.45, 2.75) is 32.9 Å². The first-order valence-corrected chi connectivity index (χ1v) is 7.73. The normalized spacial score (nSPS) is 15.4. The van der Waals surface area contributed by atoms with Gasteiger partial charge in [-0.2, -0.15) is 8.78 Å². The van der Waals surface area contributed by atoms with Crippen LogP contribution >= 0.6 is 0 Å². The third-order valence-corrected chi connectivity index (χ3v) is 3.92. The molecule has 0 saturated heterocycles. The van der Waals surface area contributed by atoms with Crippen LogP contribution in [0.3, 0.4) is 0 Å². The number of carbonyl (C=O) groups excluding carboxylic acids is 1. The number of fused-ring (bicyclic) bond motifs is 1. The lowest BCUT2D eigenvalue weighted by atomic mass is 9.99. The van der Waals surface area contributed by atoms with Crippen molar-refractivity contribution in [2.24, 2.45) is 0 Å². The summed E-state index contributed by atoms with van der Waals surface area (Å²) in [5, 5.41) is 0. The molecule has 1 amide bonds. The first-order valence-electron chi connectivity index (χ1n) is 7.73. The molecule has 0 fully saturated rings. The maximum absolute atomic E-state index is 12.8. The molecule has 0 spiro atoms. The topological polar surface area (TPSA) is 64.6 Å². The molecule has 3 rings (SSSR count). The van der Waals surface area contributed by atoms with Gasteiger partial charge in [-0.05, 0) is 26.8 Å². The molecule has 132 valence electrons. The number of aromatic nitrogens is 2. The van der Waals surface area contributed by atoms with Crippen LogP contribution < -0.4 is 14.4 Å². The smallest absolute Gasteiger partial charge is 0.387 e. The van der Waals surface area contributed by atoms with E-state index in [1.54, 1.807) is 12.1 Å². The van der Waals surface area contributed by atoms with Crippen molar-refractivity contribution < 1.29 is 23.0 Å². The summed E-state index contributed by atoms with van der Waals surface area (Å²) in [5.41, 5.74) is 0.548. The molecule has 8 heteroatoms. The van der Waals surface area contributed by atoms with E-state index in [1.807, 2.05) is 20.8 Å². The molecule has 0 N–H and O–H groups in total. The molecule has 0 aliphatic carbocycles. The largest absolute Gasteiger partial charge is 0.478 e. The van der Waals surface area contributed by atoms with E-state index < -0.39 is 12.2 Å². The Bertz CT molecular complexity index is 811. The molecular formula is C17H17F2N3O3. The number of amides is 1. The van der Waals surface area contributed by atoms with Crippen LogP contribution in [0.1, 0.15) is 36.8 Å². The van der Waals surface area contributed by atoms with Crippen LogP contribution in [0.5, 0.6) is 11.6 Å². The summed E-state index contributed by atoms with van der Waals surface area (Å²) in [6, 6.07) is 4.65. The lowest BCUT2D eigenvalue weighted by molar-refractivity contribution is -0.0500. The Morgan fingerprint density at radius 2 is 2.04 bits per heavy atom. The number of pyridine rings is 2. The summed E-state index contributed by atoms with van der Waals surface area (Å²) in [5.74, 6) is 0.0263. The third kappa shape index (κ3) is 2.99. The number of alkyl halides is 2. The molecule has 0 atom stereocenters. The molecule has 25 heavy (non-hydrogen) atoms. The lowest BCUT2D eigenvalue weighted by Gasteiger charge is -2.31. The maximum atomic E-state index is 12.8. The van der Waals surface area contributed by atoms with Crippen molar-refractivity contribution in [1.29, 1.82) is 0 Å². The molecule has 0 aromatic carbocycles. The van der Waals surface area contributed by atoms with Gasteiger partial charge in [-0.25, -0.2) is 4.98 Å². The first kappa shape index (κ1) is 17.1. The predicted molar refractivity (Wildman–Crippen MR) is 86.1 cm³/mol. The van der Waals surface area contributed by atoms with Crippen LogP contribution in [0.2, 0.25) is 0 Å². The van der Waals surface area contributed by atoms with E-state index in [-0.39, 0.29) is 11.7 Å². The Morgan fingerprint density at radius 3 is 2.72 bits per heavy atom. The van der Waals surface area contributed by atoms with Gasteiger partial charge in [0.25, 0.3) is 5.91 Å². The fourth-order valence-electron chi connectivity index (χ4n) is 2.93. The minimum Gasteiger partial charge on any atom is -0.478 e. The van der Waals surface area contributed by atoms with Crippen molar-refractivity contribution in [2.75, 3.05) is 11.5 Å². The van der Waals surface area contributed by atoms with E-state index >= 15 is 0 Å². The Labute approximate surface area is 143 Å². The summed E-state index contributed by atoms with van der Waals surface area (Å²) in [7, 11) is 0. The van der Waals surface area contributed by atoms with Crippen LogP contribution in [0.15, 0.2) is 30.6 Å². The van der Waals surface area contributed by atoms with Crippen molar-refractivity contribution >= 4 is 11.6 Å². The number of rotatable bonds is 5. The van der Waals surface area contributed by atoms with Crippen LogP contribution in [-0.2, 0) is 5.54 Å². The van der Waals surface area contributed by atoms with Gasteiger partial charge in [0.15, 0.2) is 0 Å². The van der Waals surface area contributed by atoms with Gasteiger partial charge in [-0.15, -0.1) is 0 Å². The summed E-state index contributed by atoms with van der Waals surface area (Å²) >= 11 is 0. The minimum absolute atomic E-state index is 0.116. The lowest BCUT2D eigenvalue weighted by Crippen LogP contribution is -2.39. The molecule has 6 nitrogen and oxygen atoms in total.